The molecule has 0 aliphatic heterocycles. The third kappa shape index (κ3) is 3.41. The van der Waals surface area contributed by atoms with E-state index in [-0.39, 0.29) is 11.4 Å². The molecule has 0 atom stereocenters. The highest BCUT2D eigenvalue weighted by molar-refractivity contribution is 6.30. The van der Waals surface area contributed by atoms with Gasteiger partial charge >= 0.3 is 0 Å². The largest absolute Gasteiger partial charge is 0.365 e. The second-order valence-electron chi connectivity index (χ2n) is 4.68. The lowest BCUT2D eigenvalue weighted by atomic mass is 10.2. The number of carbonyl (C=O) groups excluding carboxylic acids is 1. The summed E-state index contributed by atoms with van der Waals surface area (Å²) >= 11 is 5.84. The summed E-state index contributed by atoms with van der Waals surface area (Å²) in [6.07, 6.45) is 3.35. The van der Waals surface area contributed by atoms with Crippen molar-refractivity contribution in [2.24, 2.45) is 10.7 Å². The number of halogens is 1. The first-order valence-corrected chi connectivity index (χ1v) is 7.09. The van der Waals surface area contributed by atoms with Gasteiger partial charge in [-0.3, -0.25) is 9.89 Å². The first-order valence-electron chi connectivity index (χ1n) is 6.71. The highest BCUT2D eigenvalue weighted by Gasteiger charge is 2.18. The van der Waals surface area contributed by atoms with Gasteiger partial charge in [-0.2, -0.15) is 5.10 Å². The van der Waals surface area contributed by atoms with Crippen LogP contribution in [-0.2, 0) is 0 Å². The Morgan fingerprint density at radius 2 is 2.09 bits per heavy atom. The maximum atomic E-state index is 11.7. The van der Waals surface area contributed by atoms with Gasteiger partial charge in [-0.05, 0) is 36.4 Å². The van der Waals surface area contributed by atoms with E-state index in [1.165, 1.54) is 0 Å². The summed E-state index contributed by atoms with van der Waals surface area (Å²) in [4.78, 5) is 18.9. The van der Waals surface area contributed by atoms with Gasteiger partial charge in [0.25, 0.3) is 5.91 Å². The van der Waals surface area contributed by atoms with Crippen molar-refractivity contribution in [1.29, 1.82) is 0 Å². The summed E-state index contributed by atoms with van der Waals surface area (Å²) in [5, 5.41) is 10.4. The highest BCUT2D eigenvalue weighted by Crippen LogP contribution is 2.26. The van der Waals surface area contributed by atoms with Gasteiger partial charge in [-0.25, -0.2) is 4.99 Å². The van der Waals surface area contributed by atoms with Crippen LogP contribution in [0.4, 0.5) is 17.3 Å². The first-order chi connectivity index (χ1) is 11.1. The number of aromatic nitrogens is 3. The number of hydrogen-bond donors (Lipinski definition) is 4. The van der Waals surface area contributed by atoms with E-state index in [9.17, 15) is 4.79 Å². The number of aliphatic imine (C=N–C) groups is 1. The summed E-state index contributed by atoms with van der Waals surface area (Å²) in [5.74, 6) is -0.0455. The van der Waals surface area contributed by atoms with E-state index in [4.69, 9.17) is 17.3 Å². The molecule has 23 heavy (non-hydrogen) atoms. The molecule has 2 heterocycles. The molecule has 0 aliphatic carbocycles. The molecule has 0 saturated heterocycles. The number of H-pyrrole nitrogens is 2. The van der Waals surface area contributed by atoms with Crippen LogP contribution in [0.2, 0.25) is 5.02 Å². The van der Waals surface area contributed by atoms with Crippen LogP contribution in [0.5, 0.6) is 0 Å². The Hall–Kier alpha value is -3.06. The van der Waals surface area contributed by atoms with E-state index >= 15 is 0 Å². The molecule has 116 valence electrons. The molecule has 8 heteroatoms. The number of rotatable bonds is 5. The number of hydrogen-bond acceptors (Lipinski definition) is 4. The van der Waals surface area contributed by atoms with Crippen LogP contribution in [0.1, 0.15) is 16.1 Å². The van der Waals surface area contributed by atoms with Crippen molar-refractivity contribution < 1.29 is 4.79 Å². The SMILES string of the molecule is NC(=O)c1c(Nc2ccc(Cl)cc2)n[nH]c1/N=C/c1ccc[nH]1. The maximum absolute atomic E-state index is 11.7. The lowest BCUT2D eigenvalue weighted by Gasteiger charge is -2.04. The van der Waals surface area contributed by atoms with Gasteiger partial charge < -0.3 is 16.0 Å². The van der Waals surface area contributed by atoms with E-state index in [0.29, 0.717) is 10.8 Å². The molecular weight excluding hydrogens is 316 g/mol. The summed E-state index contributed by atoms with van der Waals surface area (Å²) in [6, 6.07) is 10.7. The van der Waals surface area contributed by atoms with E-state index in [1.807, 2.05) is 12.1 Å². The topological polar surface area (TPSA) is 112 Å². The minimum absolute atomic E-state index is 0.183. The number of nitrogens with one attached hydrogen (secondary N) is 3. The van der Waals surface area contributed by atoms with Crippen molar-refractivity contribution >= 4 is 41.0 Å². The van der Waals surface area contributed by atoms with Crippen molar-refractivity contribution in [1.82, 2.24) is 15.2 Å². The lowest BCUT2D eigenvalue weighted by Crippen LogP contribution is -2.12. The predicted molar refractivity (Wildman–Crippen MR) is 89.9 cm³/mol. The van der Waals surface area contributed by atoms with Crippen LogP contribution in [0.3, 0.4) is 0 Å². The molecule has 7 nitrogen and oxygen atoms in total. The quantitative estimate of drug-likeness (QED) is 0.540. The molecule has 1 amide bonds. The third-order valence-corrected chi connectivity index (χ3v) is 3.31. The van der Waals surface area contributed by atoms with Crippen molar-refractivity contribution in [3.63, 3.8) is 0 Å². The Bertz CT molecular complexity index is 835. The summed E-state index contributed by atoms with van der Waals surface area (Å²) < 4.78 is 0. The molecule has 3 aromatic rings. The number of aromatic amines is 2. The van der Waals surface area contributed by atoms with Crippen LogP contribution in [0.25, 0.3) is 0 Å². The molecule has 0 radical (unpaired) electrons. The van der Waals surface area contributed by atoms with Gasteiger partial charge in [-0.15, -0.1) is 0 Å². The molecule has 0 spiro atoms. The van der Waals surface area contributed by atoms with Crippen LogP contribution in [0.15, 0.2) is 47.6 Å². The lowest BCUT2D eigenvalue weighted by molar-refractivity contribution is 0.100. The van der Waals surface area contributed by atoms with Crippen molar-refractivity contribution in [3.05, 3.63) is 58.9 Å². The first kappa shape index (κ1) is 14.9. The van der Waals surface area contributed by atoms with Gasteiger partial charge in [0.1, 0.15) is 5.56 Å². The van der Waals surface area contributed by atoms with E-state index in [0.717, 1.165) is 11.4 Å². The average Bonchev–Trinajstić information content (AvgIpc) is 3.17. The molecule has 0 saturated carbocycles. The Balaban J connectivity index is 1.89. The smallest absolute Gasteiger partial charge is 0.256 e. The van der Waals surface area contributed by atoms with Gasteiger partial charge in [0, 0.05) is 16.9 Å². The molecule has 0 unspecified atom stereocenters. The van der Waals surface area contributed by atoms with Crippen molar-refractivity contribution in [2.75, 3.05) is 5.32 Å². The minimum Gasteiger partial charge on any atom is -0.365 e. The van der Waals surface area contributed by atoms with Gasteiger partial charge in [0.15, 0.2) is 11.6 Å². The number of benzene rings is 1. The normalized spacial score (nSPS) is 11.0. The van der Waals surface area contributed by atoms with E-state index < -0.39 is 5.91 Å². The second-order valence-corrected chi connectivity index (χ2v) is 5.11. The summed E-state index contributed by atoms with van der Waals surface area (Å²) in [7, 11) is 0. The number of nitrogens with two attached hydrogens (primary N) is 1. The minimum atomic E-state index is -0.631. The van der Waals surface area contributed by atoms with Crippen LogP contribution in [-0.4, -0.2) is 27.3 Å². The molecule has 1 aromatic carbocycles. The summed E-state index contributed by atoms with van der Waals surface area (Å²) in [6.45, 7) is 0. The van der Waals surface area contributed by atoms with E-state index in [1.54, 1.807) is 36.7 Å². The molecule has 0 fully saturated rings. The Labute approximate surface area is 136 Å². The molecule has 0 aliphatic rings. The molecule has 0 bridgehead atoms. The van der Waals surface area contributed by atoms with Gasteiger partial charge in [-0.1, -0.05) is 11.6 Å². The fraction of sp³-hybridized carbons (Fsp3) is 0. The fourth-order valence-electron chi connectivity index (χ4n) is 1.98. The molecule has 5 N–H and O–H groups in total. The van der Waals surface area contributed by atoms with Gasteiger partial charge in [0.2, 0.25) is 0 Å². The van der Waals surface area contributed by atoms with Crippen molar-refractivity contribution in [2.45, 2.75) is 0 Å². The third-order valence-electron chi connectivity index (χ3n) is 3.06. The number of carbonyl (C=O) groups is 1. The molecule has 2 aromatic heterocycles. The summed E-state index contributed by atoms with van der Waals surface area (Å²) in [5.41, 5.74) is 7.15. The zero-order valence-electron chi connectivity index (χ0n) is 11.9. The zero-order valence-corrected chi connectivity index (χ0v) is 12.6. The van der Waals surface area contributed by atoms with Crippen LogP contribution >= 0.6 is 11.6 Å². The number of anilines is 2. The van der Waals surface area contributed by atoms with Crippen molar-refractivity contribution in [3.8, 4) is 0 Å². The Morgan fingerprint density at radius 1 is 1.30 bits per heavy atom. The fourth-order valence-corrected chi connectivity index (χ4v) is 2.10. The predicted octanol–water partition coefficient (Wildman–Crippen LogP) is 2.98. The monoisotopic (exact) mass is 328 g/mol. The molecular formula is C15H13ClN6O. The second kappa shape index (κ2) is 6.37. The number of nitrogens with zero attached hydrogens (tertiary/aromatic N) is 2. The zero-order chi connectivity index (χ0) is 16.2. The number of primary amides is 1. The Morgan fingerprint density at radius 3 is 2.74 bits per heavy atom. The molecule has 3 rings (SSSR count). The van der Waals surface area contributed by atoms with E-state index in [2.05, 4.69) is 25.5 Å². The average molecular weight is 329 g/mol. The van der Waals surface area contributed by atoms with Crippen LogP contribution in [0, 0.1) is 0 Å². The standard InChI is InChI=1S/C15H13ClN6O/c16-9-3-5-10(6-4-9)20-15-12(13(17)23)14(21-22-15)19-8-11-2-1-7-18-11/h1-8,18H,(H2,17,23)(H2,20,21,22)/b19-8+. The Kier molecular flexibility index (Phi) is 4.11. The van der Waals surface area contributed by atoms with Crippen LogP contribution < -0.4 is 11.1 Å². The highest BCUT2D eigenvalue weighted by atomic mass is 35.5. The van der Waals surface area contributed by atoms with Gasteiger partial charge in [0.05, 0.1) is 11.9 Å². The number of amides is 1. The maximum Gasteiger partial charge on any atom is 0.256 e.